The van der Waals surface area contributed by atoms with Gasteiger partial charge in [-0.25, -0.2) is 0 Å². The number of rotatable bonds is 5. The standard InChI is InChI=1S/C27H44N2O.C2H6/c1-4-18-16-21-23-12-11-19(8-7-9-20-17-25(30)29-28-20)26(23,2)15-13-24(21)27(3)14-6-5-10-22(18)27;1-2/h17-19,21-24H,4-16H2,1-3H3,(H2,28,29,30);1-2H3/t18-,19?,21?,22?,23?,24-,26?,27?;/m0./s1. The Morgan fingerprint density at radius 1 is 0.938 bits per heavy atom. The Bertz CT molecular complexity index is 795. The summed E-state index contributed by atoms with van der Waals surface area (Å²) in [6.45, 7) is 11.9. The van der Waals surface area contributed by atoms with Gasteiger partial charge in [-0.3, -0.25) is 9.89 Å². The minimum atomic E-state index is 0.00787. The van der Waals surface area contributed by atoms with Crippen molar-refractivity contribution in [1.82, 2.24) is 10.2 Å². The lowest BCUT2D eigenvalue weighted by Crippen LogP contribution is -2.55. The molecule has 5 rings (SSSR count). The third-order valence-corrected chi connectivity index (χ3v) is 11.1. The van der Waals surface area contributed by atoms with E-state index in [4.69, 9.17) is 0 Å². The zero-order chi connectivity index (χ0) is 22.9. The first-order valence-electron chi connectivity index (χ1n) is 14.2. The Morgan fingerprint density at radius 2 is 1.72 bits per heavy atom. The summed E-state index contributed by atoms with van der Waals surface area (Å²) in [4.78, 5) is 11.4. The number of fused-ring (bicyclic) bond motifs is 5. The van der Waals surface area contributed by atoms with Crippen LogP contribution in [-0.2, 0) is 6.42 Å². The van der Waals surface area contributed by atoms with E-state index in [-0.39, 0.29) is 5.56 Å². The average Bonchev–Trinajstić information content (AvgIpc) is 3.37. The number of H-pyrrole nitrogens is 2. The molecule has 0 aromatic carbocycles. The van der Waals surface area contributed by atoms with Gasteiger partial charge in [0, 0.05) is 11.8 Å². The average molecular weight is 443 g/mol. The number of hydrogen-bond acceptors (Lipinski definition) is 1. The van der Waals surface area contributed by atoms with Crippen LogP contribution in [0.5, 0.6) is 0 Å². The van der Waals surface area contributed by atoms with Crippen molar-refractivity contribution in [2.75, 3.05) is 0 Å². The maximum absolute atomic E-state index is 11.4. The van der Waals surface area contributed by atoms with Gasteiger partial charge in [-0.2, -0.15) is 0 Å². The van der Waals surface area contributed by atoms with Gasteiger partial charge in [0.2, 0.25) is 0 Å². The van der Waals surface area contributed by atoms with Crippen LogP contribution in [0.15, 0.2) is 10.9 Å². The van der Waals surface area contributed by atoms with Gasteiger partial charge in [0.05, 0.1) is 0 Å². The first-order valence-corrected chi connectivity index (χ1v) is 14.2. The minimum absolute atomic E-state index is 0.00787. The fourth-order valence-electron chi connectivity index (χ4n) is 9.65. The van der Waals surface area contributed by atoms with E-state index in [1.165, 1.54) is 70.6 Å². The Morgan fingerprint density at radius 3 is 2.44 bits per heavy atom. The molecule has 8 atom stereocenters. The third-order valence-electron chi connectivity index (χ3n) is 11.1. The van der Waals surface area contributed by atoms with E-state index in [1.54, 1.807) is 12.5 Å². The number of aromatic amines is 2. The summed E-state index contributed by atoms with van der Waals surface area (Å²) in [6.07, 6.45) is 18.4. The summed E-state index contributed by atoms with van der Waals surface area (Å²) in [6, 6.07) is 1.73. The number of hydrogen-bond donors (Lipinski definition) is 2. The first-order chi connectivity index (χ1) is 15.5. The molecule has 1 aromatic rings. The predicted molar refractivity (Wildman–Crippen MR) is 135 cm³/mol. The number of aryl methyl sites for hydroxylation is 1. The zero-order valence-electron chi connectivity index (χ0n) is 21.6. The molecular formula is C29H50N2O. The van der Waals surface area contributed by atoms with E-state index in [1.807, 2.05) is 13.8 Å². The van der Waals surface area contributed by atoms with Crippen LogP contribution in [0.2, 0.25) is 0 Å². The molecule has 6 unspecified atom stereocenters. The molecule has 4 aliphatic rings. The molecule has 0 saturated heterocycles. The van der Waals surface area contributed by atoms with Gasteiger partial charge in [-0.15, -0.1) is 0 Å². The Labute approximate surface area is 196 Å². The van der Waals surface area contributed by atoms with Crippen molar-refractivity contribution >= 4 is 0 Å². The summed E-state index contributed by atoms with van der Waals surface area (Å²) in [7, 11) is 0. The zero-order valence-corrected chi connectivity index (χ0v) is 21.6. The van der Waals surface area contributed by atoms with Crippen molar-refractivity contribution in [2.24, 2.45) is 46.3 Å². The summed E-state index contributed by atoms with van der Waals surface area (Å²) < 4.78 is 0. The van der Waals surface area contributed by atoms with Crippen molar-refractivity contribution in [2.45, 2.75) is 118 Å². The molecule has 4 aliphatic carbocycles. The van der Waals surface area contributed by atoms with Crippen molar-refractivity contribution in [3.8, 4) is 0 Å². The lowest BCUT2D eigenvalue weighted by atomic mass is 9.42. The molecule has 4 saturated carbocycles. The van der Waals surface area contributed by atoms with Gasteiger partial charge in [0.25, 0.3) is 5.56 Å². The van der Waals surface area contributed by atoms with Crippen LogP contribution < -0.4 is 5.56 Å². The Kier molecular flexibility index (Phi) is 7.32. The van der Waals surface area contributed by atoms with Crippen molar-refractivity contribution < 1.29 is 0 Å². The van der Waals surface area contributed by atoms with E-state index in [9.17, 15) is 4.79 Å². The smallest absolute Gasteiger partial charge is 0.264 e. The van der Waals surface area contributed by atoms with E-state index in [2.05, 4.69) is 31.0 Å². The highest BCUT2D eigenvalue weighted by Gasteiger charge is 2.60. The Hall–Kier alpha value is -0.990. The molecule has 0 bridgehead atoms. The SMILES string of the molecule is CC.CC[C@H]1CC2C3CCC(CCCc4cc(=O)[nH][nH]4)C3(C)CC[C@@H]2C2(C)CCCCC12. The summed E-state index contributed by atoms with van der Waals surface area (Å²) in [5.74, 6) is 5.88. The van der Waals surface area contributed by atoms with Crippen molar-refractivity contribution in [3.63, 3.8) is 0 Å². The quantitative estimate of drug-likeness (QED) is 0.481. The number of nitrogens with one attached hydrogen (secondary N) is 2. The second-order valence-corrected chi connectivity index (χ2v) is 12.1. The Balaban J connectivity index is 0.00000119. The van der Waals surface area contributed by atoms with E-state index in [0.717, 1.165) is 47.6 Å². The third kappa shape index (κ3) is 4.05. The van der Waals surface area contributed by atoms with Crippen LogP contribution in [0.4, 0.5) is 0 Å². The summed E-state index contributed by atoms with van der Waals surface area (Å²) in [5.41, 5.74) is 2.30. The van der Waals surface area contributed by atoms with E-state index >= 15 is 0 Å². The second kappa shape index (κ2) is 9.71. The van der Waals surface area contributed by atoms with E-state index < -0.39 is 0 Å². The predicted octanol–water partition coefficient (Wildman–Crippen LogP) is 7.74. The fraction of sp³-hybridized carbons (Fsp3) is 0.897. The van der Waals surface area contributed by atoms with Crippen LogP contribution in [-0.4, -0.2) is 10.2 Å². The van der Waals surface area contributed by atoms with Gasteiger partial charge in [-0.1, -0.05) is 53.9 Å². The summed E-state index contributed by atoms with van der Waals surface area (Å²) in [5, 5.41) is 5.72. The highest BCUT2D eigenvalue weighted by Crippen LogP contribution is 2.69. The highest BCUT2D eigenvalue weighted by atomic mass is 16.1. The molecule has 0 aliphatic heterocycles. The van der Waals surface area contributed by atoms with Gasteiger partial charge >= 0.3 is 0 Å². The van der Waals surface area contributed by atoms with Gasteiger partial charge < -0.3 is 5.10 Å². The van der Waals surface area contributed by atoms with Gasteiger partial charge in [-0.05, 0) is 111 Å². The molecular weight excluding hydrogens is 392 g/mol. The fourth-order valence-corrected chi connectivity index (χ4v) is 9.65. The van der Waals surface area contributed by atoms with Crippen LogP contribution >= 0.6 is 0 Å². The van der Waals surface area contributed by atoms with Gasteiger partial charge in [0.15, 0.2) is 0 Å². The molecule has 1 aromatic heterocycles. The molecule has 0 radical (unpaired) electrons. The van der Waals surface area contributed by atoms with E-state index in [0.29, 0.717) is 10.8 Å². The molecule has 0 amide bonds. The van der Waals surface area contributed by atoms with Crippen LogP contribution in [0.3, 0.4) is 0 Å². The summed E-state index contributed by atoms with van der Waals surface area (Å²) >= 11 is 0. The minimum Gasteiger partial charge on any atom is -0.302 e. The largest absolute Gasteiger partial charge is 0.302 e. The molecule has 4 fully saturated rings. The van der Waals surface area contributed by atoms with Crippen molar-refractivity contribution in [1.29, 1.82) is 0 Å². The van der Waals surface area contributed by atoms with Crippen LogP contribution in [0.1, 0.15) is 117 Å². The second-order valence-electron chi connectivity index (χ2n) is 12.1. The maximum Gasteiger partial charge on any atom is 0.264 e. The first kappa shape index (κ1) is 24.1. The normalized spacial score (nSPS) is 42.9. The maximum atomic E-state index is 11.4. The molecule has 3 nitrogen and oxygen atoms in total. The monoisotopic (exact) mass is 442 g/mol. The lowest BCUT2D eigenvalue weighted by Gasteiger charge is -2.62. The lowest BCUT2D eigenvalue weighted by molar-refractivity contribution is -0.135. The highest BCUT2D eigenvalue weighted by molar-refractivity contribution is 5.10. The van der Waals surface area contributed by atoms with Crippen molar-refractivity contribution in [3.05, 3.63) is 22.1 Å². The van der Waals surface area contributed by atoms with Gasteiger partial charge in [0.1, 0.15) is 0 Å². The molecule has 2 N–H and O–H groups in total. The molecule has 182 valence electrons. The molecule has 3 heteroatoms. The molecule has 32 heavy (non-hydrogen) atoms. The molecule has 1 heterocycles. The molecule has 0 spiro atoms. The van der Waals surface area contributed by atoms with Crippen LogP contribution in [0.25, 0.3) is 0 Å². The van der Waals surface area contributed by atoms with Crippen LogP contribution in [0, 0.1) is 46.3 Å². The number of aromatic nitrogens is 2. The topological polar surface area (TPSA) is 48.6 Å².